The summed E-state index contributed by atoms with van der Waals surface area (Å²) in [7, 11) is 0. The van der Waals surface area contributed by atoms with Gasteiger partial charge in [-0.25, -0.2) is 0 Å². The third kappa shape index (κ3) is 1.97. The van der Waals surface area contributed by atoms with Gasteiger partial charge in [-0.05, 0) is 6.92 Å². The van der Waals surface area contributed by atoms with Crippen molar-refractivity contribution in [3.8, 4) is 0 Å². The van der Waals surface area contributed by atoms with Crippen molar-refractivity contribution in [2.75, 3.05) is 0 Å². The molecule has 0 aromatic carbocycles. The Balaban J connectivity index is 2.68. The predicted molar refractivity (Wildman–Crippen MR) is 39.5 cm³/mol. The summed E-state index contributed by atoms with van der Waals surface area (Å²) >= 11 is 0. The van der Waals surface area contributed by atoms with E-state index in [-0.39, 0.29) is 6.47 Å². The zero-order valence-corrected chi connectivity index (χ0v) is 7.03. The average molecular weight is 192 g/mol. The zero-order chi connectivity index (χ0) is 10.0. The smallest absolute Gasteiger partial charge is 0.293 e. The van der Waals surface area contributed by atoms with E-state index in [4.69, 9.17) is 14.9 Å². The summed E-state index contributed by atoms with van der Waals surface area (Å²) in [5.41, 5.74) is 0. The first-order valence-electron chi connectivity index (χ1n) is 3.86. The van der Waals surface area contributed by atoms with Gasteiger partial charge in [-0.1, -0.05) is 0 Å². The summed E-state index contributed by atoms with van der Waals surface area (Å²) in [6.07, 6.45) is -5.59. The molecule has 6 heteroatoms. The zero-order valence-electron chi connectivity index (χ0n) is 7.03. The van der Waals surface area contributed by atoms with Gasteiger partial charge in [-0.2, -0.15) is 0 Å². The highest BCUT2D eigenvalue weighted by Crippen LogP contribution is 2.24. The molecule has 5 unspecified atom stereocenters. The van der Waals surface area contributed by atoms with Gasteiger partial charge in [0.05, 0.1) is 6.10 Å². The number of hydrogen-bond acceptors (Lipinski definition) is 6. The highest BCUT2D eigenvalue weighted by molar-refractivity contribution is 5.38. The van der Waals surface area contributed by atoms with E-state index in [0.717, 1.165) is 0 Å². The van der Waals surface area contributed by atoms with Crippen molar-refractivity contribution < 1.29 is 29.6 Å². The molecular weight excluding hydrogens is 180 g/mol. The van der Waals surface area contributed by atoms with Crippen LogP contribution in [0.15, 0.2) is 0 Å². The fraction of sp³-hybridized carbons (Fsp3) is 0.857. The number of aliphatic hydroxyl groups is 3. The minimum atomic E-state index is -1.43. The van der Waals surface area contributed by atoms with Crippen LogP contribution in [0, 0.1) is 0 Å². The lowest BCUT2D eigenvalue weighted by Crippen LogP contribution is -2.39. The maximum Gasteiger partial charge on any atom is 0.293 e. The van der Waals surface area contributed by atoms with Crippen LogP contribution in [0.25, 0.3) is 0 Å². The van der Waals surface area contributed by atoms with Crippen LogP contribution in [-0.4, -0.2) is 52.5 Å². The second-order valence-corrected chi connectivity index (χ2v) is 2.92. The maximum atomic E-state index is 10.0. The van der Waals surface area contributed by atoms with E-state index in [1.54, 1.807) is 0 Å². The first-order chi connectivity index (χ1) is 6.07. The van der Waals surface area contributed by atoms with Crippen LogP contribution in [0.1, 0.15) is 6.92 Å². The Labute approximate surface area is 74.7 Å². The lowest BCUT2D eigenvalue weighted by Gasteiger charge is -2.19. The molecule has 0 aliphatic carbocycles. The van der Waals surface area contributed by atoms with Gasteiger partial charge in [0.2, 0.25) is 0 Å². The number of carbonyl (C=O) groups is 1. The molecule has 6 nitrogen and oxygen atoms in total. The van der Waals surface area contributed by atoms with Gasteiger partial charge in [0.25, 0.3) is 6.47 Å². The molecule has 0 spiro atoms. The van der Waals surface area contributed by atoms with Gasteiger partial charge < -0.3 is 24.8 Å². The van der Waals surface area contributed by atoms with E-state index in [1.165, 1.54) is 6.92 Å². The normalized spacial score (nSPS) is 41.5. The van der Waals surface area contributed by atoms with Crippen LogP contribution in [0.5, 0.6) is 0 Å². The second kappa shape index (κ2) is 4.01. The van der Waals surface area contributed by atoms with Crippen LogP contribution in [0.4, 0.5) is 0 Å². The van der Waals surface area contributed by atoms with E-state index in [9.17, 15) is 9.90 Å². The SMILES string of the molecule is CC(O)C1OC(O)C(O)C1OC=O. The molecule has 0 aromatic rings. The van der Waals surface area contributed by atoms with Crippen molar-refractivity contribution in [3.05, 3.63) is 0 Å². The maximum absolute atomic E-state index is 10.0. The van der Waals surface area contributed by atoms with Gasteiger partial charge in [-0.3, -0.25) is 4.79 Å². The fourth-order valence-corrected chi connectivity index (χ4v) is 1.29. The van der Waals surface area contributed by atoms with Gasteiger partial charge >= 0.3 is 0 Å². The average Bonchev–Trinajstić information content (AvgIpc) is 2.33. The Morgan fingerprint density at radius 1 is 1.54 bits per heavy atom. The van der Waals surface area contributed by atoms with Crippen molar-refractivity contribution in [1.82, 2.24) is 0 Å². The highest BCUT2D eigenvalue weighted by Gasteiger charge is 2.46. The van der Waals surface area contributed by atoms with Crippen molar-refractivity contribution in [3.63, 3.8) is 0 Å². The first kappa shape index (κ1) is 10.4. The Hall–Kier alpha value is -0.690. The molecule has 3 N–H and O–H groups in total. The molecule has 5 atom stereocenters. The van der Waals surface area contributed by atoms with Gasteiger partial charge in [-0.15, -0.1) is 0 Å². The molecule has 76 valence electrons. The highest BCUT2D eigenvalue weighted by atomic mass is 16.7. The molecule has 1 heterocycles. The summed E-state index contributed by atoms with van der Waals surface area (Å²) in [6.45, 7) is 1.56. The second-order valence-electron chi connectivity index (χ2n) is 2.92. The molecule has 1 aliphatic heterocycles. The molecule has 0 radical (unpaired) electrons. The molecule has 0 amide bonds. The molecule has 1 aliphatic rings. The van der Waals surface area contributed by atoms with E-state index < -0.39 is 30.7 Å². The summed E-state index contributed by atoms with van der Waals surface area (Å²) < 4.78 is 9.26. The van der Waals surface area contributed by atoms with E-state index in [0.29, 0.717) is 0 Å². The number of rotatable bonds is 3. The quantitative estimate of drug-likeness (QED) is 0.447. The summed E-state index contributed by atoms with van der Waals surface area (Å²) in [5, 5.41) is 27.4. The Morgan fingerprint density at radius 2 is 2.15 bits per heavy atom. The monoisotopic (exact) mass is 192 g/mol. The van der Waals surface area contributed by atoms with Crippen molar-refractivity contribution in [1.29, 1.82) is 0 Å². The lowest BCUT2D eigenvalue weighted by atomic mass is 10.1. The van der Waals surface area contributed by atoms with Crippen LogP contribution < -0.4 is 0 Å². The number of hydrogen-bond donors (Lipinski definition) is 3. The Bertz CT molecular complexity index is 182. The fourth-order valence-electron chi connectivity index (χ4n) is 1.29. The Morgan fingerprint density at radius 3 is 2.62 bits per heavy atom. The molecule has 0 aromatic heterocycles. The minimum absolute atomic E-state index is 0.144. The third-order valence-corrected chi connectivity index (χ3v) is 1.94. The van der Waals surface area contributed by atoms with Crippen LogP contribution in [-0.2, 0) is 14.3 Å². The summed E-state index contributed by atoms with van der Waals surface area (Å²) in [5.74, 6) is 0. The van der Waals surface area contributed by atoms with Crippen LogP contribution >= 0.6 is 0 Å². The van der Waals surface area contributed by atoms with Crippen LogP contribution in [0.2, 0.25) is 0 Å². The molecule has 1 rings (SSSR count). The molecule has 1 saturated heterocycles. The van der Waals surface area contributed by atoms with E-state index >= 15 is 0 Å². The molecule has 0 saturated carbocycles. The molecular formula is C7H12O6. The minimum Gasteiger partial charge on any atom is -0.459 e. The van der Waals surface area contributed by atoms with E-state index in [2.05, 4.69) is 4.74 Å². The Kier molecular flexibility index (Phi) is 3.21. The van der Waals surface area contributed by atoms with Gasteiger partial charge in [0, 0.05) is 0 Å². The van der Waals surface area contributed by atoms with Gasteiger partial charge in [0.15, 0.2) is 12.4 Å². The van der Waals surface area contributed by atoms with E-state index in [1.807, 2.05) is 0 Å². The third-order valence-electron chi connectivity index (χ3n) is 1.94. The van der Waals surface area contributed by atoms with Crippen molar-refractivity contribution in [2.24, 2.45) is 0 Å². The molecule has 1 fully saturated rings. The largest absolute Gasteiger partial charge is 0.459 e. The summed E-state index contributed by atoms with van der Waals surface area (Å²) in [6, 6.07) is 0. The lowest BCUT2D eigenvalue weighted by molar-refractivity contribution is -0.146. The number of aliphatic hydroxyl groups excluding tert-OH is 3. The van der Waals surface area contributed by atoms with Gasteiger partial charge in [0.1, 0.15) is 12.2 Å². The molecule has 13 heavy (non-hydrogen) atoms. The number of carbonyl (C=O) groups excluding carboxylic acids is 1. The summed E-state index contributed by atoms with van der Waals surface area (Å²) in [4.78, 5) is 10.0. The predicted octanol–water partition coefficient (Wildman–Crippen LogP) is -2.01. The van der Waals surface area contributed by atoms with Crippen molar-refractivity contribution in [2.45, 2.75) is 37.6 Å². The standard InChI is InChI=1S/C7H12O6/c1-3(9)5-6(12-2-8)4(10)7(11)13-5/h2-7,9-11H,1H3. The topological polar surface area (TPSA) is 96.2 Å². The van der Waals surface area contributed by atoms with Crippen molar-refractivity contribution >= 4 is 6.47 Å². The van der Waals surface area contributed by atoms with Crippen LogP contribution in [0.3, 0.4) is 0 Å². The first-order valence-corrected chi connectivity index (χ1v) is 3.86. The molecule has 0 bridgehead atoms. The number of ether oxygens (including phenoxy) is 2.